The van der Waals surface area contributed by atoms with Crippen molar-refractivity contribution < 1.29 is 4.79 Å². The van der Waals surface area contributed by atoms with Gasteiger partial charge in [-0.1, -0.05) is 19.1 Å². The number of H-pyrrole nitrogens is 1. The number of rotatable bonds is 4. The highest BCUT2D eigenvalue weighted by atomic mass is 16.2. The number of aromatic nitrogens is 2. The molecule has 0 spiro atoms. The minimum atomic E-state index is -0.475. The zero-order chi connectivity index (χ0) is 18.1. The maximum atomic E-state index is 12.6. The van der Waals surface area contributed by atoms with Gasteiger partial charge in [0.1, 0.15) is 0 Å². The van der Waals surface area contributed by atoms with E-state index in [-0.39, 0.29) is 18.9 Å². The maximum absolute atomic E-state index is 12.6. The van der Waals surface area contributed by atoms with Crippen molar-refractivity contribution in [2.24, 2.45) is 5.92 Å². The standard InChI is InChI=1S/C18H24N4O3/c1-12-10-21(11-15(12)20(2)3)16(23)8-9-22-14-7-5-4-6-13(14)17(24)19-18(22)25/h4-7,12,15H,8-11H2,1-3H3,(H,19,24,25)/t12-,15+/m1/s1. The lowest BCUT2D eigenvalue weighted by atomic mass is 10.1. The number of nitrogens with zero attached hydrogens (tertiary/aromatic N) is 3. The maximum Gasteiger partial charge on any atom is 0.328 e. The number of aromatic amines is 1. The minimum absolute atomic E-state index is 0.0402. The second-order valence-corrected chi connectivity index (χ2v) is 6.99. The van der Waals surface area contributed by atoms with Crippen LogP contribution in [-0.2, 0) is 11.3 Å². The van der Waals surface area contributed by atoms with Gasteiger partial charge >= 0.3 is 5.69 Å². The van der Waals surface area contributed by atoms with E-state index in [9.17, 15) is 14.4 Å². The molecule has 1 aromatic heterocycles. The lowest BCUT2D eigenvalue weighted by Gasteiger charge is -2.22. The van der Waals surface area contributed by atoms with E-state index in [1.807, 2.05) is 19.0 Å². The molecule has 7 nitrogen and oxygen atoms in total. The number of nitrogens with one attached hydrogen (secondary N) is 1. The summed E-state index contributed by atoms with van der Waals surface area (Å²) in [5, 5.41) is 0.456. The molecule has 0 unspecified atom stereocenters. The summed E-state index contributed by atoms with van der Waals surface area (Å²) in [7, 11) is 4.06. The van der Waals surface area contributed by atoms with Gasteiger partial charge in [0.15, 0.2) is 0 Å². The number of likely N-dealkylation sites (tertiary alicyclic amines) is 1. The number of likely N-dealkylation sites (N-methyl/N-ethyl adjacent to an activating group) is 1. The lowest BCUT2D eigenvalue weighted by Crippen LogP contribution is -2.36. The molecule has 1 aliphatic rings. The summed E-state index contributed by atoms with van der Waals surface area (Å²) in [6, 6.07) is 7.31. The van der Waals surface area contributed by atoms with Crippen LogP contribution in [0.15, 0.2) is 33.9 Å². The van der Waals surface area contributed by atoms with Crippen LogP contribution in [0.3, 0.4) is 0 Å². The van der Waals surface area contributed by atoms with Crippen LogP contribution in [0, 0.1) is 5.92 Å². The van der Waals surface area contributed by atoms with Gasteiger partial charge in [-0.3, -0.25) is 19.1 Å². The normalized spacial score (nSPS) is 20.6. The van der Waals surface area contributed by atoms with Gasteiger partial charge in [-0.25, -0.2) is 4.79 Å². The Hall–Kier alpha value is -2.41. The van der Waals surface area contributed by atoms with Gasteiger partial charge in [-0.2, -0.15) is 0 Å². The van der Waals surface area contributed by atoms with E-state index < -0.39 is 11.2 Å². The number of benzene rings is 1. The van der Waals surface area contributed by atoms with Gasteiger partial charge in [-0.15, -0.1) is 0 Å². The van der Waals surface area contributed by atoms with Crippen molar-refractivity contribution in [3.05, 3.63) is 45.1 Å². The molecule has 1 N–H and O–H groups in total. The second-order valence-electron chi connectivity index (χ2n) is 6.99. The Kier molecular flexibility index (Phi) is 4.76. The van der Waals surface area contributed by atoms with Crippen LogP contribution in [-0.4, -0.2) is 58.5 Å². The Morgan fingerprint density at radius 2 is 1.96 bits per heavy atom. The van der Waals surface area contributed by atoms with Crippen molar-refractivity contribution in [1.29, 1.82) is 0 Å². The van der Waals surface area contributed by atoms with E-state index in [1.165, 1.54) is 4.57 Å². The molecule has 0 saturated carbocycles. The zero-order valence-corrected chi connectivity index (χ0v) is 14.9. The molecule has 0 radical (unpaired) electrons. The summed E-state index contributed by atoms with van der Waals surface area (Å²) in [6.45, 7) is 3.86. The molecule has 1 saturated heterocycles. The average Bonchev–Trinajstić information content (AvgIpc) is 2.96. The summed E-state index contributed by atoms with van der Waals surface area (Å²) >= 11 is 0. The SMILES string of the molecule is C[C@@H]1CN(C(=O)CCn2c(=O)[nH]c(=O)c3ccccc32)C[C@@H]1N(C)C. The molecule has 1 fully saturated rings. The van der Waals surface area contributed by atoms with Crippen LogP contribution in [0.4, 0.5) is 0 Å². The first-order chi connectivity index (χ1) is 11.9. The number of amides is 1. The molecule has 2 atom stereocenters. The van der Waals surface area contributed by atoms with E-state index in [2.05, 4.69) is 16.8 Å². The molecule has 134 valence electrons. The van der Waals surface area contributed by atoms with Crippen molar-refractivity contribution in [2.75, 3.05) is 27.2 Å². The zero-order valence-electron chi connectivity index (χ0n) is 14.9. The molecular weight excluding hydrogens is 320 g/mol. The van der Waals surface area contributed by atoms with Crippen LogP contribution in [0.2, 0.25) is 0 Å². The summed E-state index contributed by atoms with van der Waals surface area (Å²) < 4.78 is 1.47. The fourth-order valence-corrected chi connectivity index (χ4v) is 3.66. The van der Waals surface area contributed by atoms with Crippen molar-refractivity contribution in [2.45, 2.75) is 25.9 Å². The van der Waals surface area contributed by atoms with Gasteiger partial charge in [0.2, 0.25) is 5.91 Å². The second kappa shape index (κ2) is 6.84. The first-order valence-corrected chi connectivity index (χ1v) is 8.54. The molecule has 2 aromatic rings. The Morgan fingerprint density at radius 1 is 1.24 bits per heavy atom. The molecule has 0 aliphatic carbocycles. The number of carbonyl (C=O) groups excluding carboxylic acids is 1. The van der Waals surface area contributed by atoms with Crippen LogP contribution in [0.5, 0.6) is 0 Å². The summed E-state index contributed by atoms with van der Waals surface area (Å²) in [6.07, 6.45) is 0.239. The number of fused-ring (bicyclic) bond motifs is 1. The highest BCUT2D eigenvalue weighted by Gasteiger charge is 2.33. The third-order valence-electron chi connectivity index (χ3n) is 5.04. The molecular formula is C18H24N4O3. The third-order valence-corrected chi connectivity index (χ3v) is 5.04. The van der Waals surface area contributed by atoms with Gasteiger partial charge in [0.05, 0.1) is 10.9 Å². The number of para-hydroxylation sites is 1. The Labute approximate surface area is 145 Å². The fourth-order valence-electron chi connectivity index (χ4n) is 3.66. The third kappa shape index (κ3) is 3.37. The van der Waals surface area contributed by atoms with Gasteiger partial charge in [0.25, 0.3) is 5.56 Å². The summed E-state index contributed by atoms with van der Waals surface area (Å²) in [4.78, 5) is 43.0. The van der Waals surface area contributed by atoms with E-state index in [0.29, 0.717) is 29.4 Å². The highest BCUT2D eigenvalue weighted by Crippen LogP contribution is 2.20. The summed E-state index contributed by atoms with van der Waals surface area (Å²) in [5.74, 6) is 0.467. The number of carbonyl (C=O) groups is 1. The predicted octanol–water partition coefficient (Wildman–Crippen LogP) is 0.488. The first kappa shape index (κ1) is 17.4. The molecule has 2 heterocycles. The molecule has 1 aromatic carbocycles. The topological polar surface area (TPSA) is 78.4 Å². The number of hydrogen-bond acceptors (Lipinski definition) is 4. The van der Waals surface area contributed by atoms with Crippen molar-refractivity contribution in [3.63, 3.8) is 0 Å². The van der Waals surface area contributed by atoms with Crippen molar-refractivity contribution in [3.8, 4) is 0 Å². The van der Waals surface area contributed by atoms with Crippen molar-refractivity contribution >= 4 is 16.8 Å². The Bertz CT molecular complexity index is 899. The monoisotopic (exact) mass is 344 g/mol. The van der Waals surface area contributed by atoms with E-state index in [0.717, 1.165) is 6.54 Å². The molecule has 7 heteroatoms. The Balaban J connectivity index is 1.77. The molecule has 3 rings (SSSR count). The fraction of sp³-hybridized carbons (Fsp3) is 0.500. The smallest absolute Gasteiger partial charge is 0.328 e. The van der Waals surface area contributed by atoms with Gasteiger partial charge in [0, 0.05) is 32.1 Å². The van der Waals surface area contributed by atoms with Gasteiger partial charge < -0.3 is 9.80 Å². The van der Waals surface area contributed by atoms with Crippen LogP contribution < -0.4 is 11.2 Å². The summed E-state index contributed by atoms with van der Waals surface area (Å²) in [5.41, 5.74) is -0.312. The van der Waals surface area contributed by atoms with E-state index in [1.54, 1.807) is 24.3 Å². The average molecular weight is 344 g/mol. The van der Waals surface area contributed by atoms with E-state index in [4.69, 9.17) is 0 Å². The number of hydrogen-bond donors (Lipinski definition) is 1. The minimum Gasteiger partial charge on any atom is -0.341 e. The first-order valence-electron chi connectivity index (χ1n) is 8.54. The lowest BCUT2D eigenvalue weighted by molar-refractivity contribution is -0.130. The number of aryl methyl sites for hydroxylation is 1. The Morgan fingerprint density at radius 3 is 2.64 bits per heavy atom. The molecule has 1 amide bonds. The molecule has 1 aliphatic heterocycles. The predicted molar refractivity (Wildman–Crippen MR) is 96.7 cm³/mol. The quantitative estimate of drug-likeness (QED) is 0.875. The van der Waals surface area contributed by atoms with Crippen LogP contribution >= 0.6 is 0 Å². The molecule has 0 bridgehead atoms. The van der Waals surface area contributed by atoms with E-state index >= 15 is 0 Å². The largest absolute Gasteiger partial charge is 0.341 e. The molecule has 25 heavy (non-hydrogen) atoms. The van der Waals surface area contributed by atoms with Crippen molar-refractivity contribution in [1.82, 2.24) is 19.4 Å². The van der Waals surface area contributed by atoms with Gasteiger partial charge in [-0.05, 0) is 32.1 Å². The van der Waals surface area contributed by atoms with Crippen LogP contribution in [0.25, 0.3) is 10.9 Å². The van der Waals surface area contributed by atoms with Crippen LogP contribution in [0.1, 0.15) is 13.3 Å². The highest BCUT2D eigenvalue weighted by molar-refractivity contribution is 5.79.